The van der Waals surface area contributed by atoms with Crippen LogP contribution in [0.2, 0.25) is 0 Å². The third-order valence-electron chi connectivity index (χ3n) is 5.98. The Morgan fingerprint density at radius 3 is 2.59 bits per heavy atom. The van der Waals surface area contributed by atoms with E-state index in [1.54, 1.807) is 0 Å². The van der Waals surface area contributed by atoms with Gasteiger partial charge < -0.3 is 0 Å². The van der Waals surface area contributed by atoms with Gasteiger partial charge in [0.15, 0.2) is 0 Å². The fraction of sp³-hybridized carbons (Fsp3) is 0.476. The quantitative estimate of drug-likeness (QED) is 0.706. The molecule has 0 radical (unpaired) electrons. The molecule has 3 aromatic rings. The summed E-state index contributed by atoms with van der Waals surface area (Å²) in [4.78, 5) is 9.96. The van der Waals surface area contributed by atoms with Crippen molar-refractivity contribution in [1.82, 2.24) is 30.6 Å². The minimum atomic E-state index is 0.481. The van der Waals surface area contributed by atoms with Gasteiger partial charge in [-0.3, -0.25) is 9.97 Å². The third kappa shape index (κ3) is 3.03. The lowest BCUT2D eigenvalue weighted by atomic mass is 9.88. The molecule has 0 spiro atoms. The minimum absolute atomic E-state index is 0.481. The summed E-state index contributed by atoms with van der Waals surface area (Å²) in [7, 11) is 0. The van der Waals surface area contributed by atoms with Gasteiger partial charge in [0.2, 0.25) is 5.82 Å². The first-order valence-electron chi connectivity index (χ1n) is 10.1. The number of aryl methyl sites for hydroxylation is 1. The van der Waals surface area contributed by atoms with Crippen LogP contribution in [0.25, 0.3) is 22.6 Å². The summed E-state index contributed by atoms with van der Waals surface area (Å²) in [5, 5.41) is 15.2. The van der Waals surface area contributed by atoms with E-state index in [4.69, 9.17) is 9.97 Å². The fourth-order valence-corrected chi connectivity index (χ4v) is 4.72. The van der Waals surface area contributed by atoms with Crippen LogP contribution in [0.15, 0.2) is 24.4 Å². The molecule has 27 heavy (non-hydrogen) atoms. The van der Waals surface area contributed by atoms with Crippen LogP contribution in [0.1, 0.15) is 67.8 Å². The molecule has 0 unspecified atom stereocenters. The molecule has 0 amide bonds. The van der Waals surface area contributed by atoms with Crippen molar-refractivity contribution in [3.05, 3.63) is 41.3 Å². The lowest BCUT2D eigenvalue weighted by Gasteiger charge is -2.21. The summed E-state index contributed by atoms with van der Waals surface area (Å²) in [5.41, 5.74) is 7.00. The smallest absolute Gasteiger partial charge is 0.207 e. The molecule has 1 saturated carbocycles. The summed E-state index contributed by atoms with van der Waals surface area (Å²) in [5.74, 6) is 1.13. The molecule has 3 heterocycles. The molecule has 6 nitrogen and oxygen atoms in total. The second kappa shape index (κ2) is 7.18. The summed E-state index contributed by atoms with van der Waals surface area (Å²) < 4.78 is 0. The van der Waals surface area contributed by atoms with Gasteiger partial charge in [0.25, 0.3) is 0 Å². The number of H-pyrrole nitrogens is 1. The van der Waals surface area contributed by atoms with Gasteiger partial charge in [-0.2, -0.15) is 5.21 Å². The number of hydrogen-bond acceptors (Lipinski definition) is 5. The standard InChI is InChI=1S/C21H24N6/c1-2-10-15-16(11-3-1)23-20(14-8-4-5-9-14)19(21-24-26-27-25-21)18(15)17-12-6-7-13-22-17/h6-7,12-14H,1-5,8-11H2,(H,24,25,26,27). The predicted octanol–water partition coefficient (Wildman–Crippen LogP) is 4.25. The van der Waals surface area contributed by atoms with E-state index in [1.807, 2.05) is 12.3 Å². The Hall–Kier alpha value is -2.63. The first kappa shape index (κ1) is 16.5. The van der Waals surface area contributed by atoms with E-state index in [-0.39, 0.29) is 0 Å². The number of pyridine rings is 2. The number of rotatable bonds is 3. The zero-order chi connectivity index (χ0) is 18.1. The van der Waals surface area contributed by atoms with Gasteiger partial charge in [-0.15, -0.1) is 10.2 Å². The highest BCUT2D eigenvalue weighted by Crippen LogP contribution is 2.44. The van der Waals surface area contributed by atoms with Crippen molar-refractivity contribution >= 4 is 0 Å². The van der Waals surface area contributed by atoms with E-state index in [0.717, 1.165) is 29.8 Å². The van der Waals surface area contributed by atoms with Crippen LogP contribution in [0.4, 0.5) is 0 Å². The zero-order valence-electron chi connectivity index (χ0n) is 15.5. The average molecular weight is 360 g/mol. The second-order valence-electron chi connectivity index (χ2n) is 7.66. The molecule has 138 valence electrons. The number of hydrogen-bond donors (Lipinski definition) is 1. The Bertz CT molecular complexity index is 914. The predicted molar refractivity (Wildman–Crippen MR) is 103 cm³/mol. The first-order chi connectivity index (χ1) is 13.4. The topological polar surface area (TPSA) is 80.2 Å². The van der Waals surface area contributed by atoms with Crippen LogP contribution in [-0.2, 0) is 12.8 Å². The van der Waals surface area contributed by atoms with Gasteiger partial charge in [0, 0.05) is 23.4 Å². The van der Waals surface area contributed by atoms with Crippen LogP contribution < -0.4 is 0 Å². The van der Waals surface area contributed by atoms with Crippen molar-refractivity contribution in [2.24, 2.45) is 0 Å². The number of nitrogens with zero attached hydrogens (tertiary/aromatic N) is 5. The summed E-state index contributed by atoms with van der Waals surface area (Å²) in [6, 6.07) is 6.12. The van der Waals surface area contributed by atoms with Crippen molar-refractivity contribution in [2.75, 3.05) is 0 Å². The summed E-state index contributed by atoms with van der Waals surface area (Å²) >= 11 is 0. The molecule has 0 aromatic carbocycles. The van der Waals surface area contributed by atoms with Crippen molar-refractivity contribution < 1.29 is 0 Å². The maximum atomic E-state index is 5.25. The van der Waals surface area contributed by atoms with Crippen molar-refractivity contribution in [1.29, 1.82) is 0 Å². The van der Waals surface area contributed by atoms with Gasteiger partial charge >= 0.3 is 0 Å². The lowest BCUT2D eigenvalue weighted by molar-refractivity contribution is 0.684. The van der Waals surface area contributed by atoms with Gasteiger partial charge in [0.1, 0.15) is 0 Å². The van der Waals surface area contributed by atoms with Crippen LogP contribution in [0.5, 0.6) is 0 Å². The number of tetrazole rings is 1. The average Bonchev–Trinajstić information content (AvgIpc) is 3.38. The van der Waals surface area contributed by atoms with E-state index in [2.05, 4.69) is 32.8 Å². The molecule has 1 N–H and O–H groups in total. The van der Waals surface area contributed by atoms with Gasteiger partial charge in [-0.25, -0.2) is 0 Å². The minimum Gasteiger partial charge on any atom is -0.256 e. The van der Waals surface area contributed by atoms with Crippen molar-refractivity contribution in [2.45, 2.75) is 63.7 Å². The lowest BCUT2D eigenvalue weighted by Crippen LogP contribution is -2.10. The highest BCUT2D eigenvalue weighted by Gasteiger charge is 2.30. The Balaban J connectivity index is 1.83. The highest BCUT2D eigenvalue weighted by molar-refractivity contribution is 5.83. The van der Waals surface area contributed by atoms with Gasteiger partial charge in [-0.05, 0) is 61.4 Å². The number of fused-ring (bicyclic) bond motifs is 1. The van der Waals surface area contributed by atoms with Gasteiger partial charge in [0.05, 0.1) is 17.0 Å². The Morgan fingerprint density at radius 2 is 1.81 bits per heavy atom. The van der Waals surface area contributed by atoms with E-state index >= 15 is 0 Å². The van der Waals surface area contributed by atoms with E-state index in [0.29, 0.717) is 11.7 Å². The molecular formula is C21H24N6. The Morgan fingerprint density at radius 1 is 0.926 bits per heavy atom. The van der Waals surface area contributed by atoms with Crippen LogP contribution in [0, 0.1) is 0 Å². The number of aromatic nitrogens is 6. The summed E-state index contributed by atoms with van der Waals surface area (Å²) in [6.07, 6.45) is 12.6. The summed E-state index contributed by atoms with van der Waals surface area (Å²) in [6.45, 7) is 0. The largest absolute Gasteiger partial charge is 0.256 e. The van der Waals surface area contributed by atoms with E-state index in [9.17, 15) is 0 Å². The fourth-order valence-electron chi connectivity index (χ4n) is 4.72. The first-order valence-corrected chi connectivity index (χ1v) is 10.1. The molecule has 0 atom stereocenters. The maximum absolute atomic E-state index is 5.25. The Kier molecular flexibility index (Phi) is 4.40. The molecular weight excluding hydrogens is 336 g/mol. The SMILES string of the molecule is c1ccc(-c2c3c(nc(C4CCCC4)c2-c2nn[nH]n2)CCCCC3)nc1. The van der Waals surface area contributed by atoms with Crippen molar-refractivity contribution in [3.8, 4) is 22.6 Å². The molecule has 3 aromatic heterocycles. The molecule has 0 aliphatic heterocycles. The Labute approximate surface area is 158 Å². The molecule has 1 fully saturated rings. The van der Waals surface area contributed by atoms with Crippen LogP contribution in [-0.4, -0.2) is 30.6 Å². The monoisotopic (exact) mass is 360 g/mol. The molecule has 2 aliphatic carbocycles. The molecule has 6 heteroatoms. The third-order valence-corrected chi connectivity index (χ3v) is 5.98. The van der Waals surface area contributed by atoms with Gasteiger partial charge in [-0.1, -0.05) is 25.3 Å². The molecule has 2 aliphatic rings. The van der Waals surface area contributed by atoms with Crippen molar-refractivity contribution in [3.63, 3.8) is 0 Å². The maximum Gasteiger partial charge on any atom is 0.207 e. The van der Waals surface area contributed by atoms with E-state index < -0.39 is 0 Å². The number of aromatic amines is 1. The normalized spacial score (nSPS) is 17.6. The second-order valence-corrected chi connectivity index (χ2v) is 7.66. The van der Waals surface area contributed by atoms with E-state index in [1.165, 1.54) is 61.8 Å². The van der Waals surface area contributed by atoms with Crippen LogP contribution in [0.3, 0.4) is 0 Å². The van der Waals surface area contributed by atoms with Crippen LogP contribution >= 0.6 is 0 Å². The highest BCUT2D eigenvalue weighted by atomic mass is 15.5. The molecule has 5 rings (SSSR count). The molecule has 0 bridgehead atoms. The molecule has 0 saturated heterocycles. The number of nitrogens with one attached hydrogen (secondary N) is 1. The zero-order valence-corrected chi connectivity index (χ0v) is 15.5.